The molecule has 1 heterocycles. The van der Waals surface area contributed by atoms with E-state index in [1.54, 1.807) is 6.92 Å². The summed E-state index contributed by atoms with van der Waals surface area (Å²) in [6.45, 7) is 1.64. The summed E-state index contributed by atoms with van der Waals surface area (Å²) in [4.78, 5) is 11.5. The van der Waals surface area contributed by atoms with E-state index in [9.17, 15) is 18.3 Å². The van der Waals surface area contributed by atoms with E-state index in [1.807, 2.05) is 6.07 Å². The zero-order valence-electron chi connectivity index (χ0n) is 12.2. The third-order valence-electron chi connectivity index (χ3n) is 4.77. The Kier molecular flexibility index (Phi) is 4.89. The highest BCUT2D eigenvalue weighted by Gasteiger charge is 2.49. The van der Waals surface area contributed by atoms with Gasteiger partial charge in [-0.25, -0.2) is 8.42 Å². The fourth-order valence-corrected chi connectivity index (χ4v) is 5.76. The van der Waals surface area contributed by atoms with Crippen LogP contribution in [0.3, 0.4) is 0 Å². The standard InChI is InChI=1S/C14H22N2O4S/c1-2-11(9-15)21(19,20)16-12-6-4-3-5-10(12)7-8-13(16)14(17)18/h10-13H,2-8H2,1H3,(H,17,18). The Labute approximate surface area is 125 Å². The molecule has 6 nitrogen and oxygen atoms in total. The van der Waals surface area contributed by atoms with Crippen molar-refractivity contribution in [2.24, 2.45) is 5.92 Å². The zero-order valence-corrected chi connectivity index (χ0v) is 13.1. The topological polar surface area (TPSA) is 98.5 Å². The number of carboxylic acids is 1. The summed E-state index contributed by atoms with van der Waals surface area (Å²) in [7, 11) is -3.90. The zero-order chi connectivity index (χ0) is 15.6. The van der Waals surface area contributed by atoms with E-state index in [-0.39, 0.29) is 18.4 Å². The number of hydrogen-bond donors (Lipinski definition) is 1. The minimum atomic E-state index is -3.90. The van der Waals surface area contributed by atoms with Gasteiger partial charge in [0.2, 0.25) is 10.0 Å². The third-order valence-corrected chi connectivity index (χ3v) is 7.04. The molecule has 0 bridgehead atoms. The summed E-state index contributed by atoms with van der Waals surface area (Å²) in [6.07, 6.45) is 4.93. The Morgan fingerprint density at radius 2 is 2.00 bits per heavy atom. The molecule has 1 aliphatic carbocycles. The van der Waals surface area contributed by atoms with Crippen LogP contribution >= 0.6 is 0 Å². The molecule has 0 spiro atoms. The van der Waals surface area contributed by atoms with Crippen LogP contribution in [0.2, 0.25) is 0 Å². The highest BCUT2D eigenvalue weighted by molar-refractivity contribution is 7.90. The number of piperidine rings is 1. The predicted molar refractivity (Wildman–Crippen MR) is 76.9 cm³/mol. The van der Waals surface area contributed by atoms with Gasteiger partial charge in [-0.15, -0.1) is 0 Å². The van der Waals surface area contributed by atoms with Crippen LogP contribution < -0.4 is 0 Å². The van der Waals surface area contributed by atoms with E-state index in [2.05, 4.69) is 0 Å². The Bertz CT molecular complexity index is 540. The van der Waals surface area contributed by atoms with Gasteiger partial charge in [0.15, 0.2) is 5.25 Å². The number of nitriles is 1. The average molecular weight is 314 g/mol. The lowest BCUT2D eigenvalue weighted by Gasteiger charge is -2.46. The van der Waals surface area contributed by atoms with Crippen LogP contribution in [0.5, 0.6) is 0 Å². The molecule has 2 aliphatic rings. The van der Waals surface area contributed by atoms with Gasteiger partial charge in [-0.3, -0.25) is 4.79 Å². The van der Waals surface area contributed by atoms with Crippen LogP contribution in [0.4, 0.5) is 0 Å². The van der Waals surface area contributed by atoms with Gasteiger partial charge in [0.25, 0.3) is 0 Å². The molecule has 1 saturated heterocycles. The monoisotopic (exact) mass is 314 g/mol. The molecule has 7 heteroatoms. The van der Waals surface area contributed by atoms with Gasteiger partial charge in [-0.1, -0.05) is 19.8 Å². The predicted octanol–water partition coefficient (Wildman–Crippen LogP) is 1.73. The molecule has 118 valence electrons. The van der Waals surface area contributed by atoms with E-state index in [0.717, 1.165) is 25.7 Å². The highest BCUT2D eigenvalue weighted by atomic mass is 32.2. The largest absolute Gasteiger partial charge is 0.480 e. The highest BCUT2D eigenvalue weighted by Crippen LogP contribution is 2.40. The van der Waals surface area contributed by atoms with Crippen molar-refractivity contribution in [1.29, 1.82) is 5.26 Å². The lowest BCUT2D eigenvalue weighted by molar-refractivity contribution is -0.144. The number of hydrogen-bond acceptors (Lipinski definition) is 4. The Morgan fingerprint density at radius 1 is 1.33 bits per heavy atom. The van der Waals surface area contributed by atoms with Gasteiger partial charge in [-0.2, -0.15) is 9.57 Å². The molecular formula is C14H22N2O4S. The van der Waals surface area contributed by atoms with Crippen LogP contribution in [0.25, 0.3) is 0 Å². The molecule has 2 rings (SSSR count). The molecule has 4 atom stereocenters. The van der Waals surface area contributed by atoms with Gasteiger partial charge < -0.3 is 5.11 Å². The Morgan fingerprint density at radius 3 is 2.57 bits per heavy atom. The molecule has 0 aromatic carbocycles. The molecule has 0 aromatic rings. The first kappa shape index (κ1) is 16.2. The van der Waals surface area contributed by atoms with E-state index < -0.39 is 27.3 Å². The summed E-state index contributed by atoms with van der Waals surface area (Å²) in [5.41, 5.74) is 0. The summed E-state index contributed by atoms with van der Waals surface area (Å²) in [6, 6.07) is 0.556. The number of carbonyl (C=O) groups is 1. The maximum atomic E-state index is 12.8. The van der Waals surface area contributed by atoms with Crippen molar-refractivity contribution in [1.82, 2.24) is 4.31 Å². The van der Waals surface area contributed by atoms with Crippen LogP contribution in [0.15, 0.2) is 0 Å². The molecule has 0 radical (unpaired) electrons. The average Bonchev–Trinajstić information content (AvgIpc) is 2.46. The molecule has 0 amide bonds. The van der Waals surface area contributed by atoms with Gasteiger partial charge in [0, 0.05) is 6.04 Å². The molecule has 21 heavy (non-hydrogen) atoms. The first-order chi connectivity index (χ1) is 9.93. The van der Waals surface area contributed by atoms with Crippen LogP contribution in [-0.4, -0.2) is 41.1 Å². The molecular weight excluding hydrogens is 292 g/mol. The van der Waals surface area contributed by atoms with Crippen molar-refractivity contribution in [2.75, 3.05) is 0 Å². The van der Waals surface area contributed by atoms with Crippen LogP contribution in [0, 0.1) is 17.2 Å². The van der Waals surface area contributed by atoms with Crippen LogP contribution in [-0.2, 0) is 14.8 Å². The van der Waals surface area contributed by atoms with Gasteiger partial charge >= 0.3 is 5.97 Å². The number of rotatable bonds is 4. The Balaban J connectivity index is 2.41. The van der Waals surface area contributed by atoms with E-state index in [4.69, 9.17) is 5.26 Å². The summed E-state index contributed by atoms with van der Waals surface area (Å²) >= 11 is 0. The smallest absolute Gasteiger partial charge is 0.322 e. The van der Waals surface area contributed by atoms with E-state index in [1.165, 1.54) is 4.31 Å². The molecule has 0 aromatic heterocycles. The Hall–Kier alpha value is -1.13. The minimum absolute atomic E-state index is 0.180. The molecule has 4 unspecified atom stereocenters. The second-order valence-electron chi connectivity index (χ2n) is 5.94. The fraction of sp³-hybridized carbons (Fsp3) is 0.857. The van der Waals surface area contributed by atoms with Crippen LogP contribution in [0.1, 0.15) is 51.9 Å². The SMILES string of the molecule is CCC(C#N)S(=O)(=O)N1C(C(=O)O)CCC2CCCCC21. The summed E-state index contributed by atoms with van der Waals surface area (Å²) < 4.78 is 26.7. The third kappa shape index (κ3) is 2.92. The molecule has 1 N–H and O–H groups in total. The normalized spacial score (nSPS) is 31.9. The number of carboxylic acid groups (broad SMARTS) is 1. The second kappa shape index (κ2) is 6.32. The quantitative estimate of drug-likeness (QED) is 0.852. The molecule has 1 saturated carbocycles. The maximum Gasteiger partial charge on any atom is 0.322 e. The maximum absolute atomic E-state index is 12.8. The van der Waals surface area contributed by atoms with Crippen molar-refractivity contribution >= 4 is 16.0 Å². The summed E-state index contributed by atoms with van der Waals surface area (Å²) in [5.74, 6) is -0.865. The molecule has 2 fully saturated rings. The second-order valence-corrected chi connectivity index (χ2v) is 7.96. The van der Waals surface area contributed by atoms with Crippen molar-refractivity contribution in [3.8, 4) is 6.07 Å². The lowest BCUT2D eigenvalue weighted by Crippen LogP contribution is -2.59. The van der Waals surface area contributed by atoms with E-state index in [0.29, 0.717) is 12.8 Å². The number of nitrogens with zero attached hydrogens (tertiary/aromatic N) is 2. The number of aliphatic carboxylic acids is 1. The van der Waals surface area contributed by atoms with Crippen molar-refractivity contribution in [3.63, 3.8) is 0 Å². The first-order valence-corrected chi connectivity index (χ1v) is 9.08. The van der Waals surface area contributed by atoms with E-state index >= 15 is 0 Å². The van der Waals surface area contributed by atoms with Crippen molar-refractivity contribution in [2.45, 2.75) is 69.2 Å². The van der Waals surface area contributed by atoms with Gasteiger partial charge in [0.05, 0.1) is 6.07 Å². The summed E-state index contributed by atoms with van der Waals surface area (Å²) in [5, 5.41) is 17.4. The fourth-order valence-electron chi connectivity index (χ4n) is 3.70. The number of sulfonamides is 1. The van der Waals surface area contributed by atoms with Gasteiger partial charge in [-0.05, 0) is 38.0 Å². The van der Waals surface area contributed by atoms with Gasteiger partial charge in [0.1, 0.15) is 6.04 Å². The van der Waals surface area contributed by atoms with Crippen molar-refractivity contribution < 1.29 is 18.3 Å². The lowest BCUT2D eigenvalue weighted by atomic mass is 9.78. The molecule has 1 aliphatic heterocycles. The minimum Gasteiger partial charge on any atom is -0.480 e. The first-order valence-electron chi connectivity index (χ1n) is 7.58. The number of fused-ring (bicyclic) bond motifs is 1. The van der Waals surface area contributed by atoms with Crippen molar-refractivity contribution in [3.05, 3.63) is 0 Å².